The van der Waals surface area contributed by atoms with E-state index in [0.29, 0.717) is 6.42 Å². The molecule has 0 radical (unpaired) electrons. The van der Waals surface area contributed by atoms with E-state index in [0.717, 1.165) is 37.6 Å². The zero-order valence-corrected chi connectivity index (χ0v) is 11.5. The second-order valence-corrected chi connectivity index (χ2v) is 5.82. The summed E-state index contributed by atoms with van der Waals surface area (Å²) in [4.78, 5) is 13.4. The lowest BCUT2D eigenvalue weighted by Crippen LogP contribution is -2.49. The summed E-state index contributed by atoms with van der Waals surface area (Å²) in [7, 11) is 0. The Balaban J connectivity index is 1.77. The molecule has 2 saturated heterocycles. The van der Waals surface area contributed by atoms with Gasteiger partial charge in [0.1, 0.15) is 0 Å². The lowest BCUT2D eigenvalue weighted by atomic mass is 9.97. The molecule has 4 nitrogen and oxygen atoms in total. The summed E-state index contributed by atoms with van der Waals surface area (Å²) in [6.45, 7) is 4.42. The molecule has 2 bridgehead atoms. The number of nitrogens with one attached hydrogen (secondary N) is 1. The molecular formula is C14H27N3O. The minimum Gasteiger partial charge on any atom is -0.370 e. The number of nitrogens with two attached hydrogens (primary N) is 1. The SMILES string of the molecule is CCCNC1CC2CCC(C1)N2CCCC(N)=O. The molecule has 4 heteroatoms. The largest absolute Gasteiger partial charge is 0.370 e. The summed E-state index contributed by atoms with van der Waals surface area (Å²) < 4.78 is 0. The maximum Gasteiger partial charge on any atom is 0.217 e. The smallest absolute Gasteiger partial charge is 0.217 e. The molecule has 2 aliphatic rings. The van der Waals surface area contributed by atoms with Crippen LogP contribution in [0.25, 0.3) is 0 Å². The summed E-state index contributed by atoms with van der Waals surface area (Å²) in [5.41, 5.74) is 5.20. The normalized spacial score (nSPS) is 31.7. The molecule has 2 unspecified atom stereocenters. The Kier molecular flexibility index (Phi) is 5.01. The van der Waals surface area contributed by atoms with Crippen molar-refractivity contribution in [3.8, 4) is 0 Å². The molecule has 2 fully saturated rings. The van der Waals surface area contributed by atoms with E-state index >= 15 is 0 Å². The predicted molar refractivity (Wildman–Crippen MR) is 73.3 cm³/mol. The third kappa shape index (κ3) is 3.45. The summed E-state index contributed by atoms with van der Waals surface area (Å²) in [5, 5.41) is 3.67. The van der Waals surface area contributed by atoms with Crippen LogP contribution in [-0.2, 0) is 4.79 Å². The van der Waals surface area contributed by atoms with Crippen LogP contribution in [0.1, 0.15) is 51.9 Å². The van der Waals surface area contributed by atoms with Gasteiger partial charge in [-0.05, 0) is 51.6 Å². The van der Waals surface area contributed by atoms with Crippen molar-refractivity contribution in [2.75, 3.05) is 13.1 Å². The van der Waals surface area contributed by atoms with Crippen LogP contribution in [0.5, 0.6) is 0 Å². The predicted octanol–water partition coefficient (Wildman–Crippen LogP) is 1.25. The van der Waals surface area contributed by atoms with Crippen LogP contribution in [0.15, 0.2) is 0 Å². The van der Waals surface area contributed by atoms with E-state index < -0.39 is 0 Å². The lowest BCUT2D eigenvalue weighted by Gasteiger charge is -2.39. The second kappa shape index (κ2) is 6.53. The molecule has 104 valence electrons. The quantitative estimate of drug-likeness (QED) is 0.718. The molecule has 18 heavy (non-hydrogen) atoms. The maximum absolute atomic E-state index is 10.8. The van der Waals surface area contributed by atoms with Crippen LogP contribution < -0.4 is 11.1 Å². The molecule has 0 aromatic rings. The van der Waals surface area contributed by atoms with Crippen molar-refractivity contribution in [1.82, 2.24) is 10.2 Å². The first-order valence-corrected chi connectivity index (χ1v) is 7.48. The Morgan fingerprint density at radius 1 is 1.33 bits per heavy atom. The van der Waals surface area contributed by atoms with E-state index in [2.05, 4.69) is 17.1 Å². The molecule has 0 aromatic carbocycles. The molecule has 0 aliphatic carbocycles. The highest BCUT2D eigenvalue weighted by molar-refractivity contribution is 5.73. The fourth-order valence-corrected chi connectivity index (χ4v) is 3.59. The van der Waals surface area contributed by atoms with Gasteiger partial charge in [0.15, 0.2) is 0 Å². The zero-order chi connectivity index (χ0) is 13.0. The van der Waals surface area contributed by atoms with Crippen molar-refractivity contribution in [3.05, 3.63) is 0 Å². The molecular weight excluding hydrogens is 226 g/mol. The van der Waals surface area contributed by atoms with E-state index in [1.165, 1.54) is 32.1 Å². The van der Waals surface area contributed by atoms with Gasteiger partial charge in [-0.15, -0.1) is 0 Å². The number of fused-ring (bicyclic) bond motifs is 2. The number of hydrogen-bond acceptors (Lipinski definition) is 3. The van der Waals surface area contributed by atoms with E-state index in [1.807, 2.05) is 0 Å². The standard InChI is InChI=1S/C14H27N3O/c1-2-7-16-11-9-12-5-6-13(10-11)17(12)8-3-4-14(15)18/h11-13,16H,2-10H2,1H3,(H2,15,18). The molecule has 2 heterocycles. The van der Waals surface area contributed by atoms with Gasteiger partial charge in [-0.1, -0.05) is 6.92 Å². The minimum atomic E-state index is -0.165. The summed E-state index contributed by atoms with van der Waals surface area (Å²) in [5.74, 6) is -0.165. The van der Waals surface area contributed by atoms with Crippen LogP contribution in [0.2, 0.25) is 0 Å². The average molecular weight is 253 g/mol. The number of piperidine rings is 1. The molecule has 2 atom stereocenters. The number of hydrogen-bond donors (Lipinski definition) is 2. The van der Waals surface area contributed by atoms with E-state index in [4.69, 9.17) is 5.73 Å². The molecule has 2 rings (SSSR count). The molecule has 0 spiro atoms. The summed E-state index contributed by atoms with van der Waals surface area (Å²) >= 11 is 0. The number of carbonyl (C=O) groups excluding carboxylic acids is 1. The fraction of sp³-hybridized carbons (Fsp3) is 0.929. The average Bonchev–Trinajstić information content (AvgIpc) is 2.59. The fourth-order valence-electron chi connectivity index (χ4n) is 3.59. The van der Waals surface area contributed by atoms with E-state index in [9.17, 15) is 4.79 Å². The van der Waals surface area contributed by atoms with Gasteiger partial charge in [-0.3, -0.25) is 9.69 Å². The van der Waals surface area contributed by atoms with Crippen LogP contribution >= 0.6 is 0 Å². The van der Waals surface area contributed by atoms with Gasteiger partial charge in [-0.2, -0.15) is 0 Å². The second-order valence-electron chi connectivity index (χ2n) is 5.82. The van der Waals surface area contributed by atoms with Crippen molar-refractivity contribution in [3.63, 3.8) is 0 Å². The van der Waals surface area contributed by atoms with Gasteiger partial charge >= 0.3 is 0 Å². The lowest BCUT2D eigenvalue weighted by molar-refractivity contribution is -0.118. The number of rotatable bonds is 7. The number of nitrogens with zero attached hydrogens (tertiary/aromatic N) is 1. The highest BCUT2D eigenvalue weighted by Gasteiger charge is 2.39. The summed E-state index contributed by atoms with van der Waals surface area (Å²) in [6, 6.07) is 2.20. The van der Waals surface area contributed by atoms with Crippen molar-refractivity contribution < 1.29 is 4.79 Å². The van der Waals surface area contributed by atoms with E-state index in [1.54, 1.807) is 0 Å². The number of primary amides is 1. The van der Waals surface area contributed by atoms with Gasteiger partial charge in [-0.25, -0.2) is 0 Å². The third-order valence-corrected chi connectivity index (χ3v) is 4.41. The van der Waals surface area contributed by atoms with Crippen molar-refractivity contribution in [2.45, 2.75) is 70.0 Å². The summed E-state index contributed by atoms with van der Waals surface area (Å²) in [6.07, 6.45) is 7.92. The van der Waals surface area contributed by atoms with Crippen molar-refractivity contribution >= 4 is 5.91 Å². The maximum atomic E-state index is 10.8. The number of amides is 1. The first-order chi connectivity index (χ1) is 8.70. The molecule has 3 N–H and O–H groups in total. The Labute approximate surface area is 110 Å². The monoisotopic (exact) mass is 253 g/mol. The molecule has 0 aromatic heterocycles. The molecule has 1 amide bonds. The van der Waals surface area contributed by atoms with Crippen LogP contribution in [0, 0.1) is 0 Å². The Hall–Kier alpha value is -0.610. The van der Waals surface area contributed by atoms with Crippen LogP contribution in [-0.4, -0.2) is 42.0 Å². The Morgan fingerprint density at radius 2 is 2.00 bits per heavy atom. The molecule has 2 aliphatic heterocycles. The van der Waals surface area contributed by atoms with Gasteiger partial charge < -0.3 is 11.1 Å². The first-order valence-electron chi connectivity index (χ1n) is 7.48. The van der Waals surface area contributed by atoms with Crippen LogP contribution in [0.3, 0.4) is 0 Å². The highest BCUT2D eigenvalue weighted by Crippen LogP contribution is 2.35. The molecule has 0 saturated carbocycles. The van der Waals surface area contributed by atoms with Gasteiger partial charge in [0.25, 0.3) is 0 Å². The zero-order valence-electron chi connectivity index (χ0n) is 11.5. The van der Waals surface area contributed by atoms with E-state index in [-0.39, 0.29) is 5.91 Å². The number of carbonyl (C=O) groups is 1. The van der Waals surface area contributed by atoms with Gasteiger partial charge in [0.05, 0.1) is 0 Å². The Morgan fingerprint density at radius 3 is 2.56 bits per heavy atom. The Bertz CT molecular complexity index is 268. The van der Waals surface area contributed by atoms with Crippen molar-refractivity contribution in [1.29, 1.82) is 0 Å². The first kappa shape index (κ1) is 13.8. The van der Waals surface area contributed by atoms with Crippen LogP contribution in [0.4, 0.5) is 0 Å². The van der Waals surface area contributed by atoms with Gasteiger partial charge in [0, 0.05) is 24.5 Å². The van der Waals surface area contributed by atoms with Gasteiger partial charge in [0.2, 0.25) is 5.91 Å². The topological polar surface area (TPSA) is 58.4 Å². The highest BCUT2D eigenvalue weighted by atomic mass is 16.1. The third-order valence-electron chi connectivity index (χ3n) is 4.41. The minimum absolute atomic E-state index is 0.165. The van der Waals surface area contributed by atoms with Crippen molar-refractivity contribution in [2.24, 2.45) is 5.73 Å².